The third-order valence-electron chi connectivity index (χ3n) is 3.93. The third-order valence-corrected chi connectivity index (χ3v) is 3.93. The van der Waals surface area contributed by atoms with Gasteiger partial charge in [-0.25, -0.2) is 5.01 Å². The zero-order valence-electron chi connectivity index (χ0n) is 14.1. The molecule has 1 aromatic carbocycles. The molecule has 6 nitrogen and oxygen atoms in total. The fraction of sp³-hybridized carbons (Fsp3) is 0.278. The van der Waals surface area contributed by atoms with E-state index in [1.54, 1.807) is 18.9 Å². The van der Waals surface area contributed by atoms with E-state index in [0.29, 0.717) is 17.8 Å². The normalized spacial score (nSPS) is 14.3. The van der Waals surface area contributed by atoms with Crippen molar-refractivity contribution in [2.24, 2.45) is 0 Å². The number of carbonyl (C=O) groups excluding carboxylic acids is 2. The van der Waals surface area contributed by atoms with Crippen LogP contribution in [-0.4, -0.2) is 35.3 Å². The van der Waals surface area contributed by atoms with Gasteiger partial charge >= 0.3 is 0 Å². The lowest BCUT2D eigenvalue weighted by Gasteiger charge is -2.31. The number of hydrogen-bond acceptors (Lipinski definition) is 4. The van der Waals surface area contributed by atoms with E-state index < -0.39 is 5.91 Å². The van der Waals surface area contributed by atoms with Crippen molar-refractivity contribution in [2.45, 2.75) is 20.4 Å². The molecule has 0 bridgehead atoms. The molecular formula is C18H20N4O2. The van der Waals surface area contributed by atoms with Crippen molar-refractivity contribution in [3.05, 3.63) is 58.8 Å². The van der Waals surface area contributed by atoms with Crippen LogP contribution in [0.1, 0.15) is 18.1 Å². The molecule has 1 aromatic rings. The second-order valence-corrected chi connectivity index (χ2v) is 5.83. The van der Waals surface area contributed by atoms with Gasteiger partial charge in [0, 0.05) is 13.6 Å². The van der Waals surface area contributed by atoms with Crippen molar-refractivity contribution in [2.75, 3.05) is 13.6 Å². The molecule has 0 aromatic heterocycles. The molecule has 1 heterocycles. The summed E-state index contributed by atoms with van der Waals surface area (Å²) in [4.78, 5) is 26.2. The molecule has 2 rings (SSSR count). The molecule has 24 heavy (non-hydrogen) atoms. The van der Waals surface area contributed by atoms with E-state index in [0.717, 1.165) is 16.1 Å². The predicted molar refractivity (Wildman–Crippen MR) is 90.0 cm³/mol. The van der Waals surface area contributed by atoms with Gasteiger partial charge in [-0.05, 0) is 25.0 Å². The maximum atomic E-state index is 12.4. The monoisotopic (exact) mass is 324 g/mol. The number of rotatable bonds is 4. The lowest BCUT2D eigenvalue weighted by Crippen LogP contribution is -2.51. The number of nitrogens with one attached hydrogen (secondary N) is 1. The van der Waals surface area contributed by atoms with Crippen LogP contribution >= 0.6 is 0 Å². The lowest BCUT2D eigenvalue weighted by molar-refractivity contribution is -0.140. The molecule has 6 heteroatoms. The van der Waals surface area contributed by atoms with Crippen LogP contribution in [0.2, 0.25) is 0 Å². The summed E-state index contributed by atoms with van der Waals surface area (Å²) in [6, 6.07) is 9.77. The van der Waals surface area contributed by atoms with E-state index >= 15 is 0 Å². The van der Waals surface area contributed by atoms with Crippen molar-refractivity contribution < 1.29 is 9.59 Å². The molecule has 2 amide bonds. The van der Waals surface area contributed by atoms with E-state index in [1.807, 2.05) is 37.3 Å². The van der Waals surface area contributed by atoms with Gasteiger partial charge in [0.1, 0.15) is 18.2 Å². The first-order valence-corrected chi connectivity index (χ1v) is 7.51. The number of hydrazine groups is 1. The molecule has 1 aliphatic heterocycles. The Kier molecular flexibility index (Phi) is 5.05. The van der Waals surface area contributed by atoms with Gasteiger partial charge in [-0.2, -0.15) is 5.26 Å². The minimum Gasteiger partial charge on any atom is -0.340 e. The highest BCUT2D eigenvalue weighted by Gasteiger charge is 2.29. The Balaban J connectivity index is 2.04. The number of allylic oxidation sites excluding steroid dienone is 1. The van der Waals surface area contributed by atoms with E-state index in [-0.39, 0.29) is 18.0 Å². The van der Waals surface area contributed by atoms with Gasteiger partial charge < -0.3 is 4.90 Å². The van der Waals surface area contributed by atoms with Crippen molar-refractivity contribution in [1.29, 1.82) is 5.26 Å². The maximum absolute atomic E-state index is 12.4. The molecule has 0 radical (unpaired) electrons. The summed E-state index contributed by atoms with van der Waals surface area (Å²) < 4.78 is 0. The van der Waals surface area contributed by atoms with Crippen molar-refractivity contribution in [3.63, 3.8) is 0 Å². The fourth-order valence-corrected chi connectivity index (χ4v) is 2.30. The first kappa shape index (κ1) is 17.3. The minimum absolute atomic E-state index is 0.00716. The van der Waals surface area contributed by atoms with Crippen LogP contribution in [0.5, 0.6) is 0 Å². The fourth-order valence-electron chi connectivity index (χ4n) is 2.30. The molecule has 0 saturated heterocycles. The zero-order valence-corrected chi connectivity index (χ0v) is 14.1. The Labute approximate surface area is 141 Å². The number of amides is 2. The van der Waals surface area contributed by atoms with E-state index in [9.17, 15) is 9.59 Å². The number of nitriles is 1. The average Bonchev–Trinajstić information content (AvgIpc) is 2.55. The molecule has 0 atom stereocenters. The third kappa shape index (κ3) is 3.63. The Bertz CT molecular complexity index is 756. The van der Waals surface area contributed by atoms with Crippen LogP contribution in [0.3, 0.4) is 0 Å². The number of hydrogen-bond donors (Lipinski definition) is 1. The standard InChI is InChI=1S/C18H20N4O2/c1-12-5-7-15(8-6-12)10-21(4)17(23)11-22-18(24)16(9-19)13(2)14(3)20-22/h5-8,20H,3,10-11H2,1-2,4H3. The Morgan fingerprint density at radius 3 is 2.54 bits per heavy atom. The molecule has 1 aliphatic rings. The highest BCUT2D eigenvalue weighted by atomic mass is 16.2. The number of aryl methyl sites for hydroxylation is 1. The summed E-state index contributed by atoms with van der Waals surface area (Å²) in [6.45, 7) is 7.69. The zero-order chi connectivity index (χ0) is 17.9. The van der Waals surface area contributed by atoms with Gasteiger partial charge in [-0.1, -0.05) is 36.4 Å². The summed E-state index contributed by atoms with van der Waals surface area (Å²) in [5, 5.41) is 10.2. The second kappa shape index (κ2) is 7.01. The number of carbonyl (C=O) groups is 2. The topological polar surface area (TPSA) is 76.4 Å². The second-order valence-electron chi connectivity index (χ2n) is 5.83. The van der Waals surface area contributed by atoms with Gasteiger partial charge in [0.25, 0.3) is 5.91 Å². The quantitative estimate of drug-likeness (QED) is 0.914. The van der Waals surface area contributed by atoms with Crippen molar-refractivity contribution in [1.82, 2.24) is 15.3 Å². The van der Waals surface area contributed by atoms with Gasteiger partial charge in [-0.15, -0.1) is 0 Å². The predicted octanol–water partition coefficient (Wildman–Crippen LogP) is 1.65. The summed E-state index contributed by atoms with van der Waals surface area (Å²) in [7, 11) is 1.68. The van der Waals surface area contributed by atoms with E-state index in [1.165, 1.54) is 0 Å². The first-order chi connectivity index (χ1) is 11.3. The maximum Gasteiger partial charge on any atom is 0.283 e. The van der Waals surface area contributed by atoms with E-state index in [4.69, 9.17) is 5.26 Å². The van der Waals surface area contributed by atoms with Crippen LogP contribution in [0.4, 0.5) is 0 Å². The van der Waals surface area contributed by atoms with Crippen LogP contribution in [-0.2, 0) is 16.1 Å². The van der Waals surface area contributed by atoms with Crippen molar-refractivity contribution in [3.8, 4) is 6.07 Å². The van der Waals surface area contributed by atoms with Crippen LogP contribution in [0.15, 0.2) is 47.7 Å². The molecule has 0 unspecified atom stereocenters. The lowest BCUT2D eigenvalue weighted by atomic mass is 10.1. The van der Waals surface area contributed by atoms with Gasteiger partial charge in [0.15, 0.2) is 0 Å². The highest BCUT2D eigenvalue weighted by Crippen LogP contribution is 2.18. The number of likely N-dealkylation sites (N-methyl/N-ethyl adjacent to an activating group) is 1. The Morgan fingerprint density at radius 2 is 1.96 bits per heavy atom. The van der Waals surface area contributed by atoms with Gasteiger partial charge in [-0.3, -0.25) is 15.0 Å². The van der Waals surface area contributed by atoms with E-state index in [2.05, 4.69) is 12.0 Å². The molecule has 0 spiro atoms. The van der Waals surface area contributed by atoms with Crippen LogP contribution in [0, 0.1) is 18.3 Å². The number of benzene rings is 1. The average molecular weight is 324 g/mol. The molecule has 124 valence electrons. The SMILES string of the molecule is C=C1NN(CC(=O)N(C)Cc2ccc(C)cc2)C(=O)C(C#N)=C1C. The summed E-state index contributed by atoms with van der Waals surface area (Å²) in [5.74, 6) is -0.749. The van der Waals surface area contributed by atoms with Gasteiger partial charge in [0.2, 0.25) is 5.91 Å². The Morgan fingerprint density at radius 1 is 1.33 bits per heavy atom. The number of nitrogens with zero attached hydrogens (tertiary/aromatic N) is 3. The molecule has 0 aliphatic carbocycles. The molecule has 0 fully saturated rings. The first-order valence-electron chi connectivity index (χ1n) is 7.51. The van der Waals surface area contributed by atoms with Crippen LogP contribution in [0.25, 0.3) is 0 Å². The minimum atomic E-state index is -0.514. The van der Waals surface area contributed by atoms with Crippen molar-refractivity contribution >= 4 is 11.8 Å². The molecule has 0 saturated carbocycles. The van der Waals surface area contributed by atoms with Gasteiger partial charge in [0.05, 0.1) is 5.70 Å². The summed E-state index contributed by atoms with van der Waals surface area (Å²) >= 11 is 0. The smallest absolute Gasteiger partial charge is 0.283 e. The highest BCUT2D eigenvalue weighted by molar-refractivity contribution is 6.01. The molecular weight excluding hydrogens is 304 g/mol. The Hall–Kier alpha value is -3.07. The summed E-state index contributed by atoms with van der Waals surface area (Å²) in [6.07, 6.45) is 0. The van der Waals surface area contributed by atoms with Crippen LogP contribution < -0.4 is 5.43 Å². The largest absolute Gasteiger partial charge is 0.340 e. The summed E-state index contributed by atoms with van der Waals surface area (Å²) in [5.41, 5.74) is 5.88. The molecule has 1 N–H and O–H groups in total.